The zero-order valence-corrected chi connectivity index (χ0v) is 11.2. The molecular formula is C12H17FO4S. The molecule has 0 aliphatic rings. The Hall–Kier alpha value is -0.980. The average Bonchev–Trinajstić information content (AvgIpc) is 2.26. The average molecular weight is 276 g/mol. The van der Waals surface area contributed by atoms with Gasteiger partial charge in [-0.15, -0.1) is 0 Å². The minimum Gasteiger partial charge on any atom is -0.390 e. The summed E-state index contributed by atoms with van der Waals surface area (Å²) in [6.45, 7) is 3.54. The highest BCUT2D eigenvalue weighted by Crippen LogP contribution is 2.13. The van der Waals surface area contributed by atoms with Crippen LogP contribution in [0, 0.1) is 5.82 Å². The van der Waals surface area contributed by atoms with E-state index in [0.717, 1.165) is 12.1 Å². The third-order valence-corrected chi connectivity index (χ3v) is 4.02. The highest BCUT2D eigenvalue weighted by Gasteiger charge is 2.20. The second-order valence-corrected chi connectivity index (χ2v) is 6.31. The summed E-state index contributed by atoms with van der Waals surface area (Å²) >= 11 is 0. The zero-order valence-electron chi connectivity index (χ0n) is 10.3. The summed E-state index contributed by atoms with van der Waals surface area (Å²) in [4.78, 5) is -0.00695. The van der Waals surface area contributed by atoms with E-state index in [2.05, 4.69) is 0 Å². The molecule has 6 heteroatoms. The molecule has 0 aliphatic carbocycles. The Morgan fingerprint density at radius 3 is 2.33 bits per heavy atom. The number of benzene rings is 1. The van der Waals surface area contributed by atoms with Crippen LogP contribution in [0.25, 0.3) is 0 Å². The fourth-order valence-corrected chi connectivity index (χ4v) is 2.69. The summed E-state index contributed by atoms with van der Waals surface area (Å²) in [6, 6.07) is 4.51. The van der Waals surface area contributed by atoms with Crippen LogP contribution in [-0.2, 0) is 14.6 Å². The van der Waals surface area contributed by atoms with Crippen LogP contribution < -0.4 is 0 Å². The second kappa shape index (κ2) is 6.26. The standard InChI is InChI=1S/C12H17FO4S/c1-9(2)17-7-11(14)8-18(15,16)12-5-3-10(13)4-6-12/h3-6,9,11,14H,7-8H2,1-2H3. The lowest BCUT2D eigenvalue weighted by Crippen LogP contribution is -2.27. The van der Waals surface area contributed by atoms with Crippen molar-refractivity contribution in [2.75, 3.05) is 12.4 Å². The molecule has 1 rings (SSSR count). The molecule has 0 spiro atoms. The maximum absolute atomic E-state index is 12.7. The van der Waals surface area contributed by atoms with E-state index in [1.165, 1.54) is 12.1 Å². The van der Waals surface area contributed by atoms with E-state index < -0.39 is 27.5 Å². The van der Waals surface area contributed by atoms with Crippen LogP contribution in [-0.4, -0.2) is 38.1 Å². The summed E-state index contributed by atoms with van der Waals surface area (Å²) in [5.41, 5.74) is 0. The van der Waals surface area contributed by atoms with Gasteiger partial charge < -0.3 is 9.84 Å². The summed E-state index contributed by atoms with van der Waals surface area (Å²) in [5, 5.41) is 9.57. The molecule has 0 saturated carbocycles. The quantitative estimate of drug-likeness (QED) is 0.797. The minimum atomic E-state index is -3.62. The number of hydrogen-bond donors (Lipinski definition) is 1. The fraction of sp³-hybridized carbons (Fsp3) is 0.500. The first-order valence-electron chi connectivity index (χ1n) is 5.59. The van der Waals surface area contributed by atoms with Crippen molar-refractivity contribution >= 4 is 9.84 Å². The molecule has 1 atom stereocenters. The van der Waals surface area contributed by atoms with Gasteiger partial charge in [-0.1, -0.05) is 0 Å². The summed E-state index contributed by atoms with van der Waals surface area (Å²) in [6.07, 6.45) is -1.17. The van der Waals surface area contributed by atoms with Gasteiger partial charge in [-0.3, -0.25) is 0 Å². The maximum Gasteiger partial charge on any atom is 0.181 e. The number of rotatable bonds is 6. The Labute approximate surface area is 106 Å². The van der Waals surface area contributed by atoms with E-state index in [1.54, 1.807) is 13.8 Å². The van der Waals surface area contributed by atoms with Crippen molar-refractivity contribution in [2.45, 2.75) is 31.0 Å². The molecule has 0 fully saturated rings. The predicted octanol–water partition coefficient (Wildman–Crippen LogP) is 1.39. The van der Waals surface area contributed by atoms with Gasteiger partial charge in [0.1, 0.15) is 5.82 Å². The maximum atomic E-state index is 12.7. The van der Waals surface area contributed by atoms with Gasteiger partial charge in [0.15, 0.2) is 9.84 Å². The first-order chi connectivity index (χ1) is 8.31. The Morgan fingerprint density at radius 1 is 1.28 bits per heavy atom. The van der Waals surface area contributed by atoms with Crippen molar-refractivity contribution in [1.82, 2.24) is 0 Å². The lowest BCUT2D eigenvalue weighted by atomic mass is 10.3. The highest BCUT2D eigenvalue weighted by atomic mass is 32.2. The number of hydrogen-bond acceptors (Lipinski definition) is 4. The summed E-state index contributed by atoms with van der Waals surface area (Å²) in [7, 11) is -3.62. The molecular weight excluding hydrogens is 259 g/mol. The predicted molar refractivity (Wildman–Crippen MR) is 65.5 cm³/mol. The molecule has 4 nitrogen and oxygen atoms in total. The highest BCUT2D eigenvalue weighted by molar-refractivity contribution is 7.91. The van der Waals surface area contributed by atoms with Gasteiger partial charge in [-0.25, -0.2) is 12.8 Å². The number of ether oxygens (including phenoxy) is 1. The van der Waals surface area contributed by atoms with Crippen LogP contribution in [0.4, 0.5) is 4.39 Å². The molecule has 0 bridgehead atoms. The van der Waals surface area contributed by atoms with E-state index in [-0.39, 0.29) is 17.6 Å². The largest absolute Gasteiger partial charge is 0.390 e. The normalized spacial score (nSPS) is 13.8. The molecule has 1 aromatic carbocycles. The van der Waals surface area contributed by atoms with E-state index >= 15 is 0 Å². The molecule has 0 radical (unpaired) electrons. The van der Waals surface area contributed by atoms with Crippen molar-refractivity contribution in [3.63, 3.8) is 0 Å². The Balaban J connectivity index is 2.67. The number of aliphatic hydroxyl groups is 1. The van der Waals surface area contributed by atoms with Gasteiger partial charge in [0.05, 0.1) is 29.5 Å². The third kappa shape index (κ3) is 4.72. The summed E-state index contributed by atoms with van der Waals surface area (Å²) in [5.74, 6) is -0.941. The third-order valence-electron chi connectivity index (χ3n) is 2.21. The van der Waals surface area contributed by atoms with E-state index in [1.807, 2.05) is 0 Å². The van der Waals surface area contributed by atoms with Crippen LogP contribution in [0.3, 0.4) is 0 Å². The van der Waals surface area contributed by atoms with E-state index in [4.69, 9.17) is 4.74 Å². The van der Waals surface area contributed by atoms with Gasteiger partial charge in [-0.2, -0.15) is 0 Å². The first kappa shape index (κ1) is 15.1. The van der Waals surface area contributed by atoms with E-state index in [9.17, 15) is 17.9 Å². The topological polar surface area (TPSA) is 63.6 Å². The molecule has 1 unspecified atom stereocenters. The molecule has 1 N–H and O–H groups in total. The summed E-state index contributed by atoms with van der Waals surface area (Å²) < 4.78 is 41.5. The molecule has 0 amide bonds. The SMILES string of the molecule is CC(C)OCC(O)CS(=O)(=O)c1ccc(F)cc1. The number of aliphatic hydroxyl groups excluding tert-OH is 1. The van der Waals surface area contributed by atoms with Crippen LogP contribution in [0.1, 0.15) is 13.8 Å². The molecule has 0 saturated heterocycles. The van der Waals surface area contributed by atoms with Gasteiger partial charge >= 0.3 is 0 Å². The molecule has 18 heavy (non-hydrogen) atoms. The first-order valence-corrected chi connectivity index (χ1v) is 7.24. The van der Waals surface area contributed by atoms with Gasteiger partial charge in [-0.05, 0) is 38.1 Å². The minimum absolute atomic E-state index is 0.00695. The fourth-order valence-electron chi connectivity index (χ4n) is 1.34. The number of sulfone groups is 1. The molecule has 102 valence electrons. The second-order valence-electron chi connectivity index (χ2n) is 4.27. The Bertz CT molecular complexity index is 467. The van der Waals surface area contributed by atoms with Crippen LogP contribution in [0.2, 0.25) is 0 Å². The molecule has 0 aliphatic heterocycles. The van der Waals surface area contributed by atoms with Crippen molar-refractivity contribution in [3.8, 4) is 0 Å². The Kier molecular flexibility index (Phi) is 5.25. The lowest BCUT2D eigenvalue weighted by molar-refractivity contribution is 0.0146. The van der Waals surface area contributed by atoms with Crippen molar-refractivity contribution in [1.29, 1.82) is 0 Å². The lowest BCUT2D eigenvalue weighted by Gasteiger charge is -2.13. The molecule has 1 aromatic rings. The van der Waals surface area contributed by atoms with Gasteiger partial charge in [0.2, 0.25) is 0 Å². The molecule has 0 heterocycles. The monoisotopic (exact) mass is 276 g/mol. The van der Waals surface area contributed by atoms with Crippen LogP contribution >= 0.6 is 0 Å². The Morgan fingerprint density at radius 2 is 1.83 bits per heavy atom. The molecule has 0 aromatic heterocycles. The van der Waals surface area contributed by atoms with Crippen molar-refractivity contribution < 1.29 is 22.7 Å². The zero-order chi connectivity index (χ0) is 13.8. The van der Waals surface area contributed by atoms with Gasteiger partial charge in [0.25, 0.3) is 0 Å². The van der Waals surface area contributed by atoms with E-state index in [0.29, 0.717) is 0 Å². The van der Waals surface area contributed by atoms with Gasteiger partial charge in [0, 0.05) is 0 Å². The van der Waals surface area contributed by atoms with Crippen LogP contribution in [0.5, 0.6) is 0 Å². The smallest absolute Gasteiger partial charge is 0.181 e. The number of halogens is 1. The van der Waals surface area contributed by atoms with Crippen LogP contribution in [0.15, 0.2) is 29.2 Å². The van der Waals surface area contributed by atoms with Crippen molar-refractivity contribution in [2.24, 2.45) is 0 Å². The van der Waals surface area contributed by atoms with Crippen molar-refractivity contribution in [3.05, 3.63) is 30.1 Å².